The summed E-state index contributed by atoms with van der Waals surface area (Å²) in [5, 5.41) is 2.89. The number of amides is 1. The molecule has 0 saturated heterocycles. The zero-order chi connectivity index (χ0) is 20.9. The number of nitrogens with one attached hydrogen (secondary N) is 1. The van der Waals surface area contributed by atoms with Crippen molar-refractivity contribution in [3.8, 4) is 34.3 Å². The fourth-order valence-electron chi connectivity index (χ4n) is 3.11. The second kappa shape index (κ2) is 8.53. The maximum atomic E-state index is 13.0. The Morgan fingerprint density at radius 1 is 0.900 bits per heavy atom. The Morgan fingerprint density at radius 3 is 2.40 bits per heavy atom. The predicted octanol–water partition coefficient (Wildman–Crippen LogP) is 5.28. The fraction of sp³-hybridized carbons (Fsp3) is 0.0833. The molecule has 3 aromatic carbocycles. The fourth-order valence-corrected chi connectivity index (χ4v) is 3.11. The van der Waals surface area contributed by atoms with Crippen molar-refractivity contribution < 1.29 is 18.7 Å². The Labute approximate surface area is 174 Å². The van der Waals surface area contributed by atoms with E-state index in [0.29, 0.717) is 40.0 Å². The topological polar surface area (TPSA) is 73.6 Å². The summed E-state index contributed by atoms with van der Waals surface area (Å²) in [4.78, 5) is 17.4. The highest BCUT2D eigenvalue weighted by molar-refractivity contribution is 6.08. The van der Waals surface area contributed by atoms with Crippen molar-refractivity contribution >= 4 is 11.6 Å². The Morgan fingerprint density at radius 2 is 1.63 bits per heavy atom. The molecule has 0 unspecified atom stereocenters. The Balaban J connectivity index is 1.62. The van der Waals surface area contributed by atoms with Gasteiger partial charge in [0.1, 0.15) is 0 Å². The zero-order valence-corrected chi connectivity index (χ0v) is 16.6. The van der Waals surface area contributed by atoms with E-state index in [1.54, 1.807) is 50.7 Å². The highest BCUT2D eigenvalue weighted by Crippen LogP contribution is 2.31. The molecular weight excluding hydrogens is 380 g/mol. The van der Waals surface area contributed by atoms with Crippen LogP contribution >= 0.6 is 0 Å². The summed E-state index contributed by atoms with van der Waals surface area (Å²) >= 11 is 0. The lowest BCUT2D eigenvalue weighted by molar-refractivity contribution is 0.102. The van der Waals surface area contributed by atoms with Crippen LogP contribution in [0, 0.1) is 0 Å². The molecule has 0 atom stereocenters. The lowest BCUT2D eigenvalue weighted by atomic mass is 10.1. The van der Waals surface area contributed by atoms with Gasteiger partial charge in [0, 0.05) is 22.9 Å². The van der Waals surface area contributed by atoms with Crippen LogP contribution in [0.1, 0.15) is 10.4 Å². The number of aromatic nitrogens is 1. The minimum Gasteiger partial charge on any atom is -0.493 e. The smallest absolute Gasteiger partial charge is 0.256 e. The molecule has 1 heterocycles. The molecule has 1 amide bonds. The van der Waals surface area contributed by atoms with Crippen LogP contribution in [0.15, 0.2) is 83.4 Å². The van der Waals surface area contributed by atoms with Crippen molar-refractivity contribution in [2.24, 2.45) is 0 Å². The van der Waals surface area contributed by atoms with Gasteiger partial charge in [0.15, 0.2) is 17.3 Å². The summed E-state index contributed by atoms with van der Waals surface area (Å²) in [6, 6.07) is 22.1. The summed E-state index contributed by atoms with van der Waals surface area (Å²) < 4.78 is 16.5. The maximum Gasteiger partial charge on any atom is 0.256 e. The number of carbonyl (C=O) groups is 1. The third-order valence-electron chi connectivity index (χ3n) is 4.61. The van der Waals surface area contributed by atoms with E-state index in [1.165, 1.54) is 0 Å². The van der Waals surface area contributed by atoms with E-state index >= 15 is 0 Å². The highest BCUT2D eigenvalue weighted by Gasteiger charge is 2.17. The standard InChI is InChI=1S/C24H20N2O4/c1-28-20-13-12-17(14-21(20)29-2)26-23(27)18-10-6-7-11-19(18)24-25-15-22(30-24)16-8-4-3-5-9-16/h3-15H,1-2H3,(H,26,27). The average Bonchev–Trinajstić information content (AvgIpc) is 3.30. The minimum absolute atomic E-state index is 0.280. The molecule has 30 heavy (non-hydrogen) atoms. The number of rotatable bonds is 6. The summed E-state index contributed by atoms with van der Waals surface area (Å²) in [7, 11) is 3.11. The molecule has 0 aliphatic heterocycles. The van der Waals surface area contributed by atoms with Crippen molar-refractivity contribution in [1.82, 2.24) is 4.98 Å². The van der Waals surface area contributed by atoms with Gasteiger partial charge >= 0.3 is 0 Å². The molecular formula is C24H20N2O4. The third kappa shape index (κ3) is 3.89. The van der Waals surface area contributed by atoms with Gasteiger partial charge in [-0.25, -0.2) is 4.98 Å². The summed E-state index contributed by atoms with van der Waals surface area (Å²) in [6.07, 6.45) is 1.66. The molecule has 0 spiro atoms. The molecule has 0 aliphatic rings. The van der Waals surface area contributed by atoms with E-state index in [9.17, 15) is 4.79 Å². The first-order valence-electron chi connectivity index (χ1n) is 9.33. The van der Waals surface area contributed by atoms with Gasteiger partial charge in [0.25, 0.3) is 5.91 Å². The van der Waals surface area contributed by atoms with E-state index in [4.69, 9.17) is 13.9 Å². The van der Waals surface area contributed by atoms with E-state index in [0.717, 1.165) is 5.56 Å². The molecule has 0 aliphatic carbocycles. The van der Waals surface area contributed by atoms with Gasteiger partial charge in [-0.05, 0) is 24.3 Å². The Hall–Kier alpha value is -4.06. The molecule has 150 valence electrons. The predicted molar refractivity (Wildman–Crippen MR) is 115 cm³/mol. The van der Waals surface area contributed by atoms with E-state index in [1.807, 2.05) is 42.5 Å². The summed E-state index contributed by atoms with van der Waals surface area (Å²) in [5.74, 6) is 1.86. The molecule has 4 aromatic rings. The SMILES string of the molecule is COc1ccc(NC(=O)c2ccccc2-c2ncc(-c3ccccc3)o2)cc1OC. The van der Waals surface area contributed by atoms with Crippen LogP contribution < -0.4 is 14.8 Å². The number of carbonyl (C=O) groups excluding carboxylic acids is 1. The number of benzene rings is 3. The Kier molecular flexibility index (Phi) is 5.48. The molecule has 6 heteroatoms. The number of methoxy groups -OCH3 is 2. The first kappa shape index (κ1) is 19.3. The largest absolute Gasteiger partial charge is 0.493 e. The number of hydrogen-bond donors (Lipinski definition) is 1. The maximum absolute atomic E-state index is 13.0. The number of anilines is 1. The van der Waals surface area contributed by atoms with Crippen LogP contribution in [0.2, 0.25) is 0 Å². The lowest BCUT2D eigenvalue weighted by Gasteiger charge is -2.11. The first-order valence-corrected chi connectivity index (χ1v) is 9.33. The van der Waals surface area contributed by atoms with Crippen LogP contribution in [0.5, 0.6) is 11.5 Å². The zero-order valence-electron chi connectivity index (χ0n) is 16.6. The molecule has 0 saturated carbocycles. The monoisotopic (exact) mass is 400 g/mol. The van der Waals surface area contributed by atoms with Crippen LogP contribution in [-0.4, -0.2) is 25.1 Å². The highest BCUT2D eigenvalue weighted by atomic mass is 16.5. The van der Waals surface area contributed by atoms with Gasteiger partial charge in [-0.3, -0.25) is 4.79 Å². The van der Waals surface area contributed by atoms with Crippen LogP contribution in [0.25, 0.3) is 22.8 Å². The second-order valence-corrected chi connectivity index (χ2v) is 6.47. The van der Waals surface area contributed by atoms with E-state index in [2.05, 4.69) is 10.3 Å². The van der Waals surface area contributed by atoms with Gasteiger partial charge in [-0.15, -0.1) is 0 Å². The molecule has 6 nitrogen and oxygen atoms in total. The molecule has 1 aromatic heterocycles. The van der Waals surface area contributed by atoms with Crippen molar-refractivity contribution in [3.63, 3.8) is 0 Å². The normalized spacial score (nSPS) is 10.5. The number of oxazole rings is 1. The van der Waals surface area contributed by atoms with E-state index in [-0.39, 0.29) is 5.91 Å². The summed E-state index contributed by atoms with van der Waals surface area (Å²) in [6.45, 7) is 0. The van der Waals surface area contributed by atoms with Gasteiger partial charge in [0.2, 0.25) is 5.89 Å². The molecule has 0 fully saturated rings. The van der Waals surface area contributed by atoms with Crippen molar-refractivity contribution in [3.05, 3.63) is 84.6 Å². The molecule has 1 N–H and O–H groups in total. The van der Waals surface area contributed by atoms with Gasteiger partial charge in [-0.2, -0.15) is 0 Å². The second-order valence-electron chi connectivity index (χ2n) is 6.47. The van der Waals surface area contributed by atoms with Gasteiger partial charge in [0.05, 0.1) is 26.0 Å². The summed E-state index contributed by atoms with van der Waals surface area (Å²) in [5.41, 5.74) is 2.57. The number of hydrogen-bond acceptors (Lipinski definition) is 5. The quantitative estimate of drug-likeness (QED) is 0.477. The number of ether oxygens (including phenoxy) is 2. The Bertz CT molecular complexity index is 1170. The van der Waals surface area contributed by atoms with E-state index < -0.39 is 0 Å². The van der Waals surface area contributed by atoms with Crippen LogP contribution in [0.3, 0.4) is 0 Å². The molecule has 4 rings (SSSR count). The van der Waals surface area contributed by atoms with Crippen LogP contribution in [0.4, 0.5) is 5.69 Å². The average molecular weight is 400 g/mol. The van der Waals surface area contributed by atoms with Crippen molar-refractivity contribution in [1.29, 1.82) is 0 Å². The third-order valence-corrected chi connectivity index (χ3v) is 4.61. The molecule has 0 bridgehead atoms. The van der Waals surface area contributed by atoms with Crippen molar-refractivity contribution in [2.45, 2.75) is 0 Å². The van der Waals surface area contributed by atoms with Crippen molar-refractivity contribution in [2.75, 3.05) is 19.5 Å². The number of nitrogens with zero attached hydrogens (tertiary/aromatic N) is 1. The van der Waals surface area contributed by atoms with Gasteiger partial charge < -0.3 is 19.2 Å². The molecule has 0 radical (unpaired) electrons. The minimum atomic E-state index is -0.280. The lowest BCUT2D eigenvalue weighted by Crippen LogP contribution is -2.13. The van der Waals surface area contributed by atoms with Crippen LogP contribution in [-0.2, 0) is 0 Å². The first-order chi connectivity index (χ1) is 14.7. The van der Waals surface area contributed by atoms with Gasteiger partial charge in [-0.1, -0.05) is 42.5 Å².